The van der Waals surface area contributed by atoms with Crippen molar-refractivity contribution >= 4 is 11.9 Å². The van der Waals surface area contributed by atoms with Gasteiger partial charge in [-0.05, 0) is 45.2 Å². The number of carboxylic acids is 2. The smallest absolute Gasteiger partial charge is 0.414 e. The summed E-state index contributed by atoms with van der Waals surface area (Å²) in [6.07, 6.45) is 2.40. The second-order valence-electron chi connectivity index (χ2n) is 5.73. The van der Waals surface area contributed by atoms with Crippen LogP contribution in [-0.2, 0) is 14.3 Å². The Morgan fingerprint density at radius 1 is 1.12 bits per heavy atom. The standard InChI is InChI=1S/C16H27NO2.C2H2O4/c1-13-7-5-6-8-16(13)19-15(3)10-9-14(2)17-11-12-18-4;3-1(4)2(5)6/h5-8,14-15,17H,9-12H2,1-4H3;(H,3,4)(H,5,6). The minimum atomic E-state index is -1.82. The molecule has 2 unspecified atom stereocenters. The van der Waals surface area contributed by atoms with Crippen LogP contribution in [0, 0.1) is 6.92 Å². The number of rotatable bonds is 9. The minimum Gasteiger partial charge on any atom is -0.490 e. The van der Waals surface area contributed by atoms with Crippen molar-refractivity contribution < 1.29 is 29.3 Å². The zero-order chi connectivity index (χ0) is 19.2. The van der Waals surface area contributed by atoms with E-state index in [2.05, 4.69) is 32.2 Å². The Morgan fingerprint density at radius 3 is 2.24 bits per heavy atom. The zero-order valence-corrected chi connectivity index (χ0v) is 15.3. The maximum absolute atomic E-state index is 9.10. The fourth-order valence-corrected chi connectivity index (χ4v) is 1.96. The predicted molar refractivity (Wildman–Crippen MR) is 95.1 cm³/mol. The van der Waals surface area contributed by atoms with Gasteiger partial charge in [-0.1, -0.05) is 18.2 Å². The SMILES string of the molecule is COCCNC(C)CCC(C)Oc1ccccc1C.O=C(O)C(=O)O. The molecule has 0 spiro atoms. The van der Waals surface area contributed by atoms with Crippen molar-refractivity contribution in [1.82, 2.24) is 5.32 Å². The van der Waals surface area contributed by atoms with E-state index < -0.39 is 11.9 Å². The van der Waals surface area contributed by atoms with Crippen molar-refractivity contribution in [3.05, 3.63) is 29.8 Å². The monoisotopic (exact) mass is 355 g/mol. The highest BCUT2D eigenvalue weighted by Crippen LogP contribution is 2.19. The number of aliphatic carboxylic acids is 2. The van der Waals surface area contributed by atoms with Crippen LogP contribution in [0.1, 0.15) is 32.3 Å². The Labute approximate surface area is 149 Å². The van der Waals surface area contributed by atoms with E-state index in [1.165, 1.54) is 5.56 Å². The Hall–Kier alpha value is -2.12. The van der Waals surface area contributed by atoms with Crippen LogP contribution in [0.4, 0.5) is 0 Å². The third-order valence-electron chi connectivity index (χ3n) is 3.41. The summed E-state index contributed by atoms with van der Waals surface area (Å²) in [5.74, 6) is -2.65. The molecule has 0 aliphatic heterocycles. The molecule has 2 atom stereocenters. The molecule has 1 aromatic carbocycles. The number of aryl methyl sites for hydroxylation is 1. The third-order valence-corrected chi connectivity index (χ3v) is 3.41. The average molecular weight is 355 g/mol. The van der Waals surface area contributed by atoms with Crippen molar-refractivity contribution in [2.24, 2.45) is 0 Å². The summed E-state index contributed by atoms with van der Waals surface area (Å²) < 4.78 is 11.0. The summed E-state index contributed by atoms with van der Waals surface area (Å²) >= 11 is 0. The van der Waals surface area contributed by atoms with Gasteiger partial charge in [0.2, 0.25) is 0 Å². The minimum absolute atomic E-state index is 0.243. The molecular weight excluding hydrogens is 326 g/mol. The lowest BCUT2D eigenvalue weighted by molar-refractivity contribution is -0.159. The van der Waals surface area contributed by atoms with E-state index in [1.54, 1.807) is 7.11 Å². The van der Waals surface area contributed by atoms with Crippen LogP contribution in [0.15, 0.2) is 24.3 Å². The van der Waals surface area contributed by atoms with E-state index in [-0.39, 0.29) is 6.10 Å². The number of ether oxygens (including phenoxy) is 2. The van der Waals surface area contributed by atoms with Gasteiger partial charge in [0.25, 0.3) is 0 Å². The van der Waals surface area contributed by atoms with Crippen LogP contribution >= 0.6 is 0 Å². The summed E-state index contributed by atoms with van der Waals surface area (Å²) in [6, 6.07) is 8.67. The number of carbonyl (C=O) groups is 2. The first-order chi connectivity index (χ1) is 11.8. The molecule has 0 aliphatic rings. The molecule has 0 heterocycles. The van der Waals surface area contributed by atoms with Crippen molar-refractivity contribution in [2.75, 3.05) is 20.3 Å². The highest BCUT2D eigenvalue weighted by Gasteiger charge is 2.08. The van der Waals surface area contributed by atoms with E-state index in [9.17, 15) is 0 Å². The quantitative estimate of drug-likeness (QED) is 0.461. The van der Waals surface area contributed by atoms with Crippen LogP contribution in [0.25, 0.3) is 0 Å². The van der Waals surface area contributed by atoms with Crippen LogP contribution in [-0.4, -0.2) is 54.6 Å². The van der Waals surface area contributed by atoms with Gasteiger partial charge in [0, 0.05) is 19.7 Å². The van der Waals surface area contributed by atoms with E-state index in [1.807, 2.05) is 18.2 Å². The van der Waals surface area contributed by atoms with Gasteiger partial charge in [-0.15, -0.1) is 0 Å². The first-order valence-electron chi connectivity index (χ1n) is 8.18. The molecule has 25 heavy (non-hydrogen) atoms. The van der Waals surface area contributed by atoms with Gasteiger partial charge >= 0.3 is 11.9 Å². The Bertz CT molecular complexity index is 508. The molecular formula is C18H29NO6. The maximum atomic E-state index is 9.10. The van der Waals surface area contributed by atoms with Crippen molar-refractivity contribution in [3.63, 3.8) is 0 Å². The van der Waals surface area contributed by atoms with E-state index in [4.69, 9.17) is 29.3 Å². The van der Waals surface area contributed by atoms with Crippen LogP contribution in [0.2, 0.25) is 0 Å². The van der Waals surface area contributed by atoms with Gasteiger partial charge in [0.1, 0.15) is 5.75 Å². The fraction of sp³-hybridized carbons (Fsp3) is 0.556. The van der Waals surface area contributed by atoms with Crippen molar-refractivity contribution in [2.45, 2.75) is 45.8 Å². The number of benzene rings is 1. The summed E-state index contributed by atoms with van der Waals surface area (Å²) in [4.78, 5) is 18.2. The van der Waals surface area contributed by atoms with Gasteiger partial charge in [-0.25, -0.2) is 9.59 Å². The normalized spacial score (nSPS) is 12.5. The molecule has 3 N–H and O–H groups in total. The van der Waals surface area contributed by atoms with E-state index >= 15 is 0 Å². The second kappa shape index (κ2) is 13.2. The Balaban J connectivity index is 0.000000823. The first kappa shape index (κ1) is 22.9. The number of methoxy groups -OCH3 is 1. The Kier molecular flexibility index (Phi) is 12.1. The van der Waals surface area contributed by atoms with Gasteiger partial charge in [-0.3, -0.25) is 0 Å². The fourth-order valence-electron chi connectivity index (χ4n) is 1.96. The summed E-state index contributed by atoms with van der Waals surface area (Å²) in [5, 5.41) is 18.2. The summed E-state index contributed by atoms with van der Waals surface area (Å²) in [7, 11) is 1.73. The number of carboxylic acid groups (broad SMARTS) is 2. The molecule has 0 bridgehead atoms. The number of hydrogen-bond acceptors (Lipinski definition) is 5. The van der Waals surface area contributed by atoms with Crippen LogP contribution in [0.5, 0.6) is 5.75 Å². The highest BCUT2D eigenvalue weighted by molar-refractivity contribution is 6.27. The zero-order valence-electron chi connectivity index (χ0n) is 15.3. The lowest BCUT2D eigenvalue weighted by atomic mass is 10.1. The molecule has 0 aromatic heterocycles. The van der Waals surface area contributed by atoms with Crippen LogP contribution in [0.3, 0.4) is 0 Å². The predicted octanol–water partition coefficient (Wildman–Crippen LogP) is 2.32. The largest absolute Gasteiger partial charge is 0.490 e. The highest BCUT2D eigenvalue weighted by atomic mass is 16.5. The van der Waals surface area contributed by atoms with Gasteiger partial charge < -0.3 is 25.0 Å². The maximum Gasteiger partial charge on any atom is 0.414 e. The van der Waals surface area contributed by atoms with Gasteiger partial charge in [0.15, 0.2) is 0 Å². The molecule has 7 nitrogen and oxygen atoms in total. The number of hydrogen-bond donors (Lipinski definition) is 3. The molecule has 1 aromatic rings. The van der Waals surface area contributed by atoms with Gasteiger partial charge in [-0.2, -0.15) is 0 Å². The number of nitrogens with one attached hydrogen (secondary N) is 1. The summed E-state index contributed by atoms with van der Waals surface area (Å²) in [5.41, 5.74) is 1.20. The molecule has 7 heteroatoms. The molecule has 0 radical (unpaired) electrons. The third kappa shape index (κ3) is 12.0. The first-order valence-corrected chi connectivity index (χ1v) is 8.18. The van der Waals surface area contributed by atoms with Crippen molar-refractivity contribution in [3.8, 4) is 5.75 Å². The van der Waals surface area contributed by atoms with Gasteiger partial charge in [0.05, 0.1) is 12.7 Å². The van der Waals surface area contributed by atoms with E-state index in [0.717, 1.165) is 31.7 Å². The topological polar surface area (TPSA) is 105 Å². The number of para-hydroxylation sites is 1. The molecule has 0 amide bonds. The molecule has 0 fully saturated rings. The molecule has 0 saturated heterocycles. The molecule has 142 valence electrons. The second-order valence-corrected chi connectivity index (χ2v) is 5.73. The average Bonchev–Trinajstić information content (AvgIpc) is 2.56. The molecule has 0 saturated carbocycles. The van der Waals surface area contributed by atoms with Crippen LogP contribution < -0.4 is 10.1 Å². The molecule has 0 aliphatic carbocycles. The lowest BCUT2D eigenvalue weighted by Crippen LogP contribution is -2.30. The lowest BCUT2D eigenvalue weighted by Gasteiger charge is -2.19. The van der Waals surface area contributed by atoms with Crippen molar-refractivity contribution in [1.29, 1.82) is 0 Å². The summed E-state index contributed by atoms with van der Waals surface area (Å²) in [6.45, 7) is 8.09. The van der Waals surface area contributed by atoms with E-state index in [0.29, 0.717) is 6.04 Å². The molecule has 1 rings (SSSR count). The Morgan fingerprint density at radius 2 is 1.72 bits per heavy atom.